The van der Waals surface area contributed by atoms with Crippen LogP contribution < -0.4 is 15.8 Å². The van der Waals surface area contributed by atoms with Gasteiger partial charge in [0.1, 0.15) is 17.5 Å². The molecule has 0 aliphatic carbocycles. The summed E-state index contributed by atoms with van der Waals surface area (Å²) < 4.78 is 5.95. The molecule has 1 saturated heterocycles. The van der Waals surface area contributed by atoms with E-state index >= 15 is 0 Å². The summed E-state index contributed by atoms with van der Waals surface area (Å²) in [5.74, 6) is -0.542. The molecule has 1 heterocycles. The minimum atomic E-state index is -0.649. The molecule has 0 spiro atoms. The Balaban J connectivity index is 1.71. The van der Waals surface area contributed by atoms with Gasteiger partial charge >= 0.3 is 0 Å². The molecule has 0 radical (unpaired) electrons. The molecule has 0 aromatic heterocycles. The summed E-state index contributed by atoms with van der Waals surface area (Å²) >= 11 is 0. The third-order valence-electron chi connectivity index (χ3n) is 6.68. The van der Waals surface area contributed by atoms with E-state index in [0.717, 1.165) is 24.2 Å². The molecule has 3 rings (SSSR count). The molecule has 1 aliphatic heterocycles. The Hall–Kier alpha value is -3.61. The minimum absolute atomic E-state index is 0.108. The summed E-state index contributed by atoms with van der Waals surface area (Å²) in [5.41, 5.74) is 6.59. The number of carbonyl (C=O) groups excluding carboxylic acids is 3. The van der Waals surface area contributed by atoms with E-state index in [1.165, 1.54) is 0 Å². The number of likely N-dealkylation sites (tertiary alicyclic amines) is 1. The zero-order valence-corrected chi connectivity index (χ0v) is 21.9. The lowest BCUT2D eigenvalue weighted by atomic mass is 9.82. The lowest BCUT2D eigenvalue weighted by Crippen LogP contribution is -2.50. The lowest BCUT2D eigenvalue weighted by Gasteiger charge is -2.29. The second-order valence-corrected chi connectivity index (χ2v) is 10.1. The van der Waals surface area contributed by atoms with Crippen molar-refractivity contribution in [3.8, 4) is 11.5 Å². The number of hydrogen-bond acceptors (Lipinski definition) is 4. The first-order chi connectivity index (χ1) is 17.8. The van der Waals surface area contributed by atoms with E-state index in [-0.39, 0.29) is 17.7 Å². The first kappa shape index (κ1) is 28.0. The maximum Gasteiger partial charge on any atom is 0.245 e. The molecule has 37 heavy (non-hydrogen) atoms. The van der Waals surface area contributed by atoms with Gasteiger partial charge in [-0.1, -0.05) is 50.3 Å². The average Bonchev–Trinajstić information content (AvgIpc) is 3.03. The molecule has 2 aromatic carbocycles. The van der Waals surface area contributed by atoms with Crippen LogP contribution >= 0.6 is 0 Å². The van der Waals surface area contributed by atoms with Crippen LogP contribution in [0.2, 0.25) is 0 Å². The normalized spacial score (nSPS) is 17.5. The van der Waals surface area contributed by atoms with E-state index in [9.17, 15) is 14.4 Å². The van der Waals surface area contributed by atoms with Crippen LogP contribution in [0.1, 0.15) is 51.5 Å². The number of nitrogens with two attached hydrogens (primary N) is 1. The van der Waals surface area contributed by atoms with Crippen molar-refractivity contribution in [3.63, 3.8) is 0 Å². The standard InChI is InChI=1S/C30H39N3O4/c1-4-11-25(28(31)34)26(18-21(2)3)29(35)32-27-16-8-9-17-33(30(27)36)20-22-12-10-15-24(19-22)37-23-13-6-5-7-14-23/h4-7,10,12-15,19,21,25-27H,1,8-9,11,16-18,20H2,2-3H3,(H2,31,34)(H,32,35). The largest absolute Gasteiger partial charge is 0.457 e. The number of nitrogens with zero attached hydrogens (tertiary/aromatic N) is 1. The Bertz CT molecular complexity index is 1070. The predicted molar refractivity (Wildman–Crippen MR) is 145 cm³/mol. The van der Waals surface area contributed by atoms with Crippen LogP contribution in [0.4, 0.5) is 0 Å². The molecule has 7 nitrogen and oxygen atoms in total. The molecule has 3 amide bonds. The molecule has 7 heteroatoms. The van der Waals surface area contributed by atoms with Gasteiger partial charge < -0.3 is 20.7 Å². The maximum atomic E-state index is 13.5. The Morgan fingerprint density at radius 2 is 1.84 bits per heavy atom. The fraction of sp³-hybridized carbons (Fsp3) is 0.433. The highest BCUT2D eigenvalue weighted by molar-refractivity contribution is 5.91. The summed E-state index contributed by atoms with van der Waals surface area (Å²) in [6.07, 6.45) is 4.69. The number of hydrogen-bond donors (Lipinski definition) is 2. The first-order valence-electron chi connectivity index (χ1n) is 13.1. The molecule has 198 valence electrons. The number of primary amides is 1. The first-order valence-corrected chi connectivity index (χ1v) is 13.1. The van der Waals surface area contributed by atoms with Gasteiger partial charge in [-0.2, -0.15) is 0 Å². The monoisotopic (exact) mass is 505 g/mol. The Morgan fingerprint density at radius 3 is 2.51 bits per heavy atom. The van der Waals surface area contributed by atoms with Crippen LogP contribution in [-0.4, -0.2) is 35.2 Å². The van der Waals surface area contributed by atoms with Crippen molar-refractivity contribution in [2.75, 3.05) is 6.54 Å². The van der Waals surface area contributed by atoms with Crippen LogP contribution in [0.3, 0.4) is 0 Å². The molecule has 1 fully saturated rings. The molecule has 0 saturated carbocycles. The molecular formula is C30H39N3O4. The van der Waals surface area contributed by atoms with E-state index in [4.69, 9.17) is 10.5 Å². The van der Waals surface area contributed by atoms with Gasteiger partial charge in [-0.05, 0) is 67.9 Å². The van der Waals surface area contributed by atoms with Crippen molar-refractivity contribution in [1.29, 1.82) is 0 Å². The van der Waals surface area contributed by atoms with E-state index < -0.39 is 23.8 Å². The summed E-state index contributed by atoms with van der Waals surface area (Å²) in [4.78, 5) is 40.8. The number of amides is 3. The van der Waals surface area contributed by atoms with Gasteiger partial charge in [0.15, 0.2) is 0 Å². The highest BCUT2D eigenvalue weighted by Gasteiger charge is 2.35. The number of allylic oxidation sites excluding steroid dienone is 1. The van der Waals surface area contributed by atoms with Crippen molar-refractivity contribution in [2.45, 2.75) is 58.5 Å². The van der Waals surface area contributed by atoms with Gasteiger partial charge in [0.05, 0.1) is 11.8 Å². The topological polar surface area (TPSA) is 102 Å². The Kier molecular flexibility index (Phi) is 10.3. The van der Waals surface area contributed by atoms with E-state index in [0.29, 0.717) is 38.1 Å². The van der Waals surface area contributed by atoms with Crippen molar-refractivity contribution in [3.05, 3.63) is 72.8 Å². The quantitative estimate of drug-likeness (QED) is 0.404. The van der Waals surface area contributed by atoms with Crippen LogP contribution in [0.5, 0.6) is 11.5 Å². The minimum Gasteiger partial charge on any atom is -0.457 e. The summed E-state index contributed by atoms with van der Waals surface area (Å²) in [6, 6.07) is 16.6. The average molecular weight is 506 g/mol. The highest BCUT2D eigenvalue weighted by Crippen LogP contribution is 2.26. The zero-order chi connectivity index (χ0) is 26.8. The summed E-state index contributed by atoms with van der Waals surface area (Å²) in [7, 11) is 0. The predicted octanol–water partition coefficient (Wildman–Crippen LogP) is 4.82. The van der Waals surface area contributed by atoms with E-state index in [2.05, 4.69) is 11.9 Å². The van der Waals surface area contributed by atoms with E-state index in [1.807, 2.05) is 68.4 Å². The van der Waals surface area contributed by atoms with Gasteiger partial charge in [-0.25, -0.2) is 0 Å². The third kappa shape index (κ3) is 8.20. The van der Waals surface area contributed by atoms with Crippen LogP contribution in [0.25, 0.3) is 0 Å². The lowest BCUT2D eigenvalue weighted by molar-refractivity contribution is -0.139. The Labute approximate surface area is 220 Å². The summed E-state index contributed by atoms with van der Waals surface area (Å²) in [5, 5.41) is 2.97. The SMILES string of the molecule is C=CCC(C(N)=O)C(CC(C)C)C(=O)NC1CCCCN(Cc2cccc(Oc3ccccc3)c2)C1=O. The van der Waals surface area contributed by atoms with Crippen molar-refractivity contribution in [2.24, 2.45) is 23.5 Å². The second kappa shape index (κ2) is 13.6. The molecular weight excluding hydrogens is 466 g/mol. The van der Waals surface area contributed by atoms with Crippen LogP contribution in [0.15, 0.2) is 67.3 Å². The number of carbonyl (C=O) groups is 3. The number of nitrogens with one attached hydrogen (secondary N) is 1. The fourth-order valence-electron chi connectivity index (χ4n) is 4.85. The van der Waals surface area contributed by atoms with Crippen LogP contribution in [-0.2, 0) is 20.9 Å². The third-order valence-corrected chi connectivity index (χ3v) is 6.68. The van der Waals surface area contributed by atoms with Gasteiger partial charge in [-0.3, -0.25) is 14.4 Å². The molecule has 1 aliphatic rings. The Morgan fingerprint density at radius 1 is 1.11 bits per heavy atom. The van der Waals surface area contributed by atoms with Gasteiger partial charge in [0.25, 0.3) is 0 Å². The molecule has 3 atom stereocenters. The van der Waals surface area contributed by atoms with Crippen molar-refractivity contribution >= 4 is 17.7 Å². The van der Waals surface area contributed by atoms with E-state index in [1.54, 1.807) is 11.0 Å². The smallest absolute Gasteiger partial charge is 0.245 e. The number of ether oxygens (including phenoxy) is 1. The fourth-order valence-corrected chi connectivity index (χ4v) is 4.85. The number of para-hydroxylation sites is 1. The molecule has 0 bridgehead atoms. The molecule has 3 unspecified atom stereocenters. The van der Waals surface area contributed by atoms with Crippen molar-refractivity contribution in [1.82, 2.24) is 10.2 Å². The van der Waals surface area contributed by atoms with Gasteiger partial charge in [0, 0.05) is 13.1 Å². The van der Waals surface area contributed by atoms with Crippen molar-refractivity contribution < 1.29 is 19.1 Å². The van der Waals surface area contributed by atoms with Gasteiger partial charge in [0.2, 0.25) is 17.7 Å². The maximum absolute atomic E-state index is 13.5. The second-order valence-electron chi connectivity index (χ2n) is 10.1. The number of rotatable bonds is 12. The highest BCUT2D eigenvalue weighted by atomic mass is 16.5. The molecule has 3 N–H and O–H groups in total. The molecule has 2 aromatic rings. The number of benzene rings is 2. The van der Waals surface area contributed by atoms with Gasteiger partial charge in [-0.15, -0.1) is 6.58 Å². The summed E-state index contributed by atoms with van der Waals surface area (Å²) in [6.45, 7) is 8.75. The zero-order valence-electron chi connectivity index (χ0n) is 21.9. The van der Waals surface area contributed by atoms with Crippen LogP contribution in [0, 0.1) is 17.8 Å².